The number of hydrogen-bond acceptors (Lipinski definition) is 4. The van der Waals surface area contributed by atoms with Crippen molar-refractivity contribution in [1.29, 1.82) is 0 Å². The zero-order valence-corrected chi connectivity index (χ0v) is 16.1. The molecule has 0 saturated heterocycles. The molecule has 1 unspecified atom stereocenters. The first-order valence-electron chi connectivity index (χ1n) is 8.55. The molecule has 0 spiro atoms. The van der Waals surface area contributed by atoms with Gasteiger partial charge in [0.25, 0.3) is 0 Å². The van der Waals surface area contributed by atoms with E-state index >= 15 is 0 Å². The van der Waals surface area contributed by atoms with Gasteiger partial charge >= 0.3 is 0 Å². The van der Waals surface area contributed by atoms with E-state index in [1.54, 1.807) is 20.5 Å². The molecular formula is C19H27NO4S. The van der Waals surface area contributed by atoms with E-state index in [2.05, 4.69) is 6.08 Å². The highest BCUT2D eigenvalue weighted by molar-refractivity contribution is 7.85. The van der Waals surface area contributed by atoms with Crippen LogP contribution in [0.4, 0.5) is 0 Å². The smallest absolute Gasteiger partial charge is 0.239 e. The fraction of sp³-hybridized carbons (Fsp3) is 0.526. The van der Waals surface area contributed by atoms with E-state index in [4.69, 9.17) is 9.47 Å². The molecule has 0 saturated carbocycles. The van der Waals surface area contributed by atoms with Gasteiger partial charge in [-0.25, -0.2) is 0 Å². The maximum Gasteiger partial charge on any atom is 0.239 e. The van der Waals surface area contributed by atoms with Crippen molar-refractivity contribution in [2.24, 2.45) is 0 Å². The van der Waals surface area contributed by atoms with Crippen LogP contribution >= 0.6 is 0 Å². The lowest BCUT2D eigenvalue weighted by atomic mass is 10.0. The summed E-state index contributed by atoms with van der Waals surface area (Å²) in [5.74, 6) is 1.39. The Balaban J connectivity index is 2.12. The molecule has 1 aromatic rings. The Kier molecular flexibility index (Phi) is 7.50. The van der Waals surface area contributed by atoms with E-state index in [-0.39, 0.29) is 11.7 Å². The van der Waals surface area contributed by atoms with E-state index in [0.29, 0.717) is 24.5 Å². The first-order valence-corrected chi connectivity index (χ1v) is 10.3. The molecule has 5 nitrogen and oxygen atoms in total. The van der Waals surface area contributed by atoms with Crippen molar-refractivity contribution >= 4 is 16.7 Å². The molecule has 0 aliphatic heterocycles. The second-order valence-corrected chi connectivity index (χ2v) is 7.58. The van der Waals surface area contributed by atoms with Crippen molar-refractivity contribution in [1.82, 2.24) is 4.90 Å². The first kappa shape index (κ1) is 19.5. The Morgan fingerprint density at radius 2 is 1.96 bits per heavy atom. The summed E-state index contributed by atoms with van der Waals surface area (Å²) < 4.78 is 22.1. The minimum Gasteiger partial charge on any atom is -0.493 e. The third-order valence-corrected chi connectivity index (χ3v) is 4.97. The number of nitrogens with zero attached hydrogens (tertiary/aromatic N) is 1. The molecule has 1 aromatic carbocycles. The number of carbonyl (C=O) groups is 1. The van der Waals surface area contributed by atoms with Gasteiger partial charge in [0.1, 0.15) is 5.75 Å². The Morgan fingerprint density at radius 1 is 1.20 bits per heavy atom. The van der Waals surface area contributed by atoms with Crippen molar-refractivity contribution in [3.05, 3.63) is 35.5 Å². The third kappa shape index (κ3) is 5.59. The summed E-state index contributed by atoms with van der Waals surface area (Å²) in [5, 5.41) is 0. The first-order chi connectivity index (χ1) is 12.0. The summed E-state index contributed by atoms with van der Waals surface area (Å²) in [6, 6.07) is 5.80. The average molecular weight is 365 g/mol. The van der Waals surface area contributed by atoms with Gasteiger partial charge < -0.3 is 14.4 Å². The summed E-state index contributed by atoms with van der Waals surface area (Å²) in [4.78, 5) is 14.4. The Morgan fingerprint density at radius 3 is 2.56 bits per heavy atom. The number of methoxy groups -OCH3 is 2. The molecule has 2 rings (SSSR count). The number of carbonyl (C=O) groups excluding carboxylic acids is 1. The number of benzene rings is 1. The second kappa shape index (κ2) is 9.61. The van der Waals surface area contributed by atoms with Gasteiger partial charge in [-0.3, -0.25) is 9.00 Å². The molecule has 0 radical (unpaired) electrons. The molecule has 25 heavy (non-hydrogen) atoms. The van der Waals surface area contributed by atoms with Gasteiger partial charge in [0.2, 0.25) is 5.91 Å². The summed E-state index contributed by atoms with van der Waals surface area (Å²) in [7, 11) is 2.09. The van der Waals surface area contributed by atoms with Crippen molar-refractivity contribution in [2.75, 3.05) is 32.8 Å². The van der Waals surface area contributed by atoms with Gasteiger partial charge in [0.15, 0.2) is 11.5 Å². The highest BCUT2D eigenvalue weighted by Crippen LogP contribution is 2.28. The standard InChI is InChI=1S/C19H27NO4S/c1-23-17-10-9-15(13-18(17)24-2)11-12-20(19(21)14-25(3)22)16-7-5-4-6-8-16/h7,9-10,13H,4-6,8,11-12,14H2,1-3H3. The van der Waals surface area contributed by atoms with Crippen LogP contribution in [0.5, 0.6) is 11.5 Å². The minimum absolute atomic E-state index is 0.0607. The SMILES string of the molecule is COc1ccc(CCN(C(=O)CS(C)=O)C2=CCCCC2)cc1OC. The van der Waals surface area contributed by atoms with Gasteiger partial charge in [0.05, 0.1) is 14.2 Å². The van der Waals surface area contributed by atoms with Crippen molar-refractivity contribution in [2.45, 2.75) is 32.1 Å². The number of hydrogen-bond donors (Lipinski definition) is 0. The molecule has 6 heteroatoms. The fourth-order valence-corrected chi connectivity index (χ4v) is 3.53. The number of allylic oxidation sites excluding steroid dienone is 2. The third-order valence-electron chi connectivity index (χ3n) is 4.31. The van der Waals surface area contributed by atoms with Crippen molar-refractivity contribution < 1.29 is 18.5 Å². The minimum atomic E-state index is -1.13. The van der Waals surface area contributed by atoms with E-state index in [0.717, 1.165) is 30.5 Å². The normalized spacial score (nSPS) is 15.2. The topological polar surface area (TPSA) is 55.8 Å². The lowest BCUT2D eigenvalue weighted by molar-refractivity contribution is -0.126. The van der Waals surface area contributed by atoms with Crippen LogP contribution in [0.2, 0.25) is 0 Å². The van der Waals surface area contributed by atoms with Gasteiger partial charge in [-0.05, 0) is 49.8 Å². The van der Waals surface area contributed by atoms with Crippen LogP contribution < -0.4 is 9.47 Å². The van der Waals surface area contributed by atoms with Gasteiger partial charge in [-0.1, -0.05) is 12.1 Å². The molecule has 1 amide bonds. The molecule has 0 aromatic heterocycles. The molecule has 1 aliphatic rings. The Bertz CT molecular complexity index is 657. The van der Waals surface area contributed by atoms with E-state index < -0.39 is 10.8 Å². The summed E-state index contributed by atoms with van der Waals surface area (Å²) >= 11 is 0. The second-order valence-electron chi connectivity index (χ2n) is 6.14. The zero-order valence-electron chi connectivity index (χ0n) is 15.2. The predicted molar refractivity (Wildman–Crippen MR) is 100 cm³/mol. The van der Waals surface area contributed by atoms with Crippen LogP contribution in [0.1, 0.15) is 31.2 Å². The number of ether oxygens (including phenoxy) is 2. The van der Waals surface area contributed by atoms with Crippen molar-refractivity contribution in [3.8, 4) is 11.5 Å². The summed E-state index contributed by atoms with van der Waals surface area (Å²) in [6.45, 7) is 0.581. The number of amides is 1. The molecule has 0 fully saturated rings. The zero-order chi connectivity index (χ0) is 18.2. The average Bonchev–Trinajstić information content (AvgIpc) is 2.62. The van der Waals surface area contributed by atoms with Gasteiger partial charge in [-0.2, -0.15) is 0 Å². The maximum atomic E-state index is 12.5. The van der Waals surface area contributed by atoms with E-state index in [9.17, 15) is 9.00 Å². The Hall–Kier alpha value is -1.82. The monoisotopic (exact) mass is 365 g/mol. The maximum absolute atomic E-state index is 12.5. The predicted octanol–water partition coefficient (Wildman–Crippen LogP) is 2.91. The Labute approximate surface area is 152 Å². The lowest BCUT2D eigenvalue weighted by Crippen LogP contribution is -2.36. The summed E-state index contributed by atoms with van der Waals surface area (Å²) in [6.07, 6.45) is 8.61. The van der Waals surface area contributed by atoms with Crippen LogP contribution in [0.3, 0.4) is 0 Å². The summed E-state index contributed by atoms with van der Waals surface area (Å²) in [5.41, 5.74) is 2.15. The lowest BCUT2D eigenvalue weighted by Gasteiger charge is -2.27. The van der Waals surface area contributed by atoms with E-state index in [1.807, 2.05) is 23.1 Å². The molecule has 1 aliphatic carbocycles. The molecule has 0 heterocycles. The largest absolute Gasteiger partial charge is 0.493 e. The molecular weight excluding hydrogens is 338 g/mol. The van der Waals surface area contributed by atoms with Crippen LogP contribution in [0.25, 0.3) is 0 Å². The van der Waals surface area contributed by atoms with Crippen LogP contribution in [-0.2, 0) is 22.0 Å². The fourth-order valence-electron chi connectivity index (χ4n) is 3.02. The van der Waals surface area contributed by atoms with Gasteiger partial charge in [0, 0.05) is 29.3 Å². The molecule has 0 bridgehead atoms. The van der Waals surface area contributed by atoms with Crippen LogP contribution in [0.15, 0.2) is 30.0 Å². The van der Waals surface area contributed by atoms with Gasteiger partial charge in [-0.15, -0.1) is 0 Å². The van der Waals surface area contributed by atoms with E-state index in [1.165, 1.54) is 6.42 Å². The quantitative estimate of drug-likeness (QED) is 0.711. The van der Waals surface area contributed by atoms with Crippen LogP contribution in [-0.4, -0.2) is 47.8 Å². The molecule has 0 N–H and O–H groups in total. The van der Waals surface area contributed by atoms with Crippen LogP contribution in [0, 0.1) is 0 Å². The molecule has 1 atom stereocenters. The number of rotatable bonds is 8. The highest BCUT2D eigenvalue weighted by atomic mass is 32.2. The van der Waals surface area contributed by atoms with Crippen molar-refractivity contribution in [3.63, 3.8) is 0 Å². The highest BCUT2D eigenvalue weighted by Gasteiger charge is 2.20. The molecule has 138 valence electrons.